The highest BCUT2D eigenvalue weighted by molar-refractivity contribution is 5.96. The van der Waals surface area contributed by atoms with Crippen LogP contribution in [0.15, 0.2) is 24.3 Å². The van der Waals surface area contributed by atoms with Crippen LogP contribution >= 0.6 is 0 Å². The summed E-state index contributed by atoms with van der Waals surface area (Å²) in [5.74, 6) is 0.0549. The molecule has 5 heteroatoms. The standard InChI is InChI=1S/C17H27N3O2/c1-12(2)10-18-17(22)19-16(21)14(4)20(5)11-15-9-7-6-8-13(15)3/h6-9,12,14H,10-11H2,1-5H3,(H2,18,19,21,22). The van der Waals surface area contributed by atoms with Crippen molar-refractivity contribution in [1.29, 1.82) is 0 Å². The smallest absolute Gasteiger partial charge is 0.321 e. The molecule has 0 bridgehead atoms. The van der Waals surface area contributed by atoms with Gasteiger partial charge in [0.15, 0.2) is 0 Å². The normalized spacial score (nSPS) is 12.3. The van der Waals surface area contributed by atoms with E-state index in [0.717, 1.165) is 0 Å². The molecule has 0 radical (unpaired) electrons. The number of amides is 3. The first-order chi connectivity index (χ1) is 10.3. The third kappa shape index (κ3) is 5.85. The number of rotatable bonds is 6. The molecule has 0 saturated carbocycles. The number of aryl methyl sites for hydroxylation is 1. The van der Waals surface area contributed by atoms with Gasteiger partial charge in [0.1, 0.15) is 0 Å². The van der Waals surface area contributed by atoms with Gasteiger partial charge in [0.25, 0.3) is 0 Å². The molecule has 0 heterocycles. The fourth-order valence-corrected chi connectivity index (χ4v) is 1.95. The Bertz CT molecular complexity index is 514. The maximum atomic E-state index is 12.1. The van der Waals surface area contributed by atoms with Crippen molar-refractivity contribution in [1.82, 2.24) is 15.5 Å². The second-order valence-corrected chi connectivity index (χ2v) is 6.11. The van der Waals surface area contributed by atoms with E-state index in [1.807, 2.05) is 57.0 Å². The molecule has 0 aliphatic rings. The summed E-state index contributed by atoms with van der Waals surface area (Å²) in [6.07, 6.45) is 0. The second-order valence-electron chi connectivity index (χ2n) is 6.11. The van der Waals surface area contributed by atoms with Crippen LogP contribution in [0.3, 0.4) is 0 Å². The first kappa shape index (κ1) is 18.2. The Labute approximate surface area is 133 Å². The van der Waals surface area contributed by atoms with Crippen molar-refractivity contribution >= 4 is 11.9 Å². The number of nitrogens with zero attached hydrogens (tertiary/aromatic N) is 1. The molecule has 3 amide bonds. The lowest BCUT2D eigenvalue weighted by molar-refractivity contribution is -0.124. The van der Waals surface area contributed by atoms with Gasteiger partial charge in [-0.3, -0.25) is 15.0 Å². The van der Waals surface area contributed by atoms with Crippen molar-refractivity contribution in [3.63, 3.8) is 0 Å². The highest BCUT2D eigenvalue weighted by atomic mass is 16.2. The van der Waals surface area contributed by atoms with Gasteiger partial charge in [-0.05, 0) is 37.9 Å². The molecule has 0 fully saturated rings. The minimum absolute atomic E-state index is 0.294. The molecule has 1 unspecified atom stereocenters. The predicted octanol–water partition coefficient (Wildman–Crippen LogP) is 2.30. The Morgan fingerprint density at radius 2 is 1.82 bits per heavy atom. The van der Waals surface area contributed by atoms with Gasteiger partial charge in [-0.15, -0.1) is 0 Å². The van der Waals surface area contributed by atoms with Crippen molar-refractivity contribution in [2.24, 2.45) is 5.92 Å². The van der Waals surface area contributed by atoms with Crippen molar-refractivity contribution in [3.8, 4) is 0 Å². The zero-order chi connectivity index (χ0) is 16.7. The lowest BCUT2D eigenvalue weighted by Crippen LogP contribution is -2.48. The van der Waals surface area contributed by atoms with Crippen LogP contribution in [0.2, 0.25) is 0 Å². The van der Waals surface area contributed by atoms with E-state index in [-0.39, 0.29) is 11.9 Å². The Hall–Kier alpha value is -1.88. The van der Waals surface area contributed by atoms with Crippen LogP contribution in [-0.2, 0) is 11.3 Å². The van der Waals surface area contributed by atoms with Gasteiger partial charge in [-0.1, -0.05) is 38.1 Å². The number of carbonyl (C=O) groups is 2. The van der Waals surface area contributed by atoms with Crippen molar-refractivity contribution in [2.45, 2.75) is 40.3 Å². The van der Waals surface area contributed by atoms with Gasteiger partial charge >= 0.3 is 6.03 Å². The largest absolute Gasteiger partial charge is 0.338 e. The Morgan fingerprint density at radius 3 is 2.41 bits per heavy atom. The zero-order valence-corrected chi connectivity index (χ0v) is 14.1. The first-order valence-electron chi connectivity index (χ1n) is 7.64. The van der Waals surface area contributed by atoms with Gasteiger partial charge in [-0.25, -0.2) is 4.79 Å². The summed E-state index contributed by atoms with van der Waals surface area (Å²) in [5, 5.41) is 5.06. The summed E-state index contributed by atoms with van der Waals surface area (Å²) in [7, 11) is 1.88. The lowest BCUT2D eigenvalue weighted by Gasteiger charge is -2.24. The van der Waals surface area contributed by atoms with E-state index >= 15 is 0 Å². The highest BCUT2D eigenvalue weighted by Gasteiger charge is 2.20. The highest BCUT2D eigenvalue weighted by Crippen LogP contribution is 2.11. The minimum atomic E-state index is -0.435. The number of carbonyl (C=O) groups excluding carboxylic acids is 2. The molecule has 0 aliphatic carbocycles. The van der Waals surface area contributed by atoms with Gasteiger partial charge in [0.2, 0.25) is 5.91 Å². The van der Waals surface area contributed by atoms with E-state index in [0.29, 0.717) is 19.0 Å². The van der Waals surface area contributed by atoms with Gasteiger partial charge < -0.3 is 5.32 Å². The molecule has 0 spiro atoms. The predicted molar refractivity (Wildman–Crippen MR) is 88.5 cm³/mol. The molecule has 122 valence electrons. The second kappa shape index (κ2) is 8.54. The maximum Gasteiger partial charge on any atom is 0.321 e. The Balaban J connectivity index is 2.52. The molecule has 2 N–H and O–H groups in total. The van der Waals surface area contributed by atoms with E-state index in [2.05, 4.69) is 10.6 Å². The molecule has 1 aromatic carbocycles. The zero-order valence-electron chi connectivity index (χ0n) is 14.1. The van der Waals surface area contributed by atoms with E-state index in [1.165, 1.54) is 11.1 Å². The van der Waals surface area contributed by atoms with Crippen LogP contribution in [0, 0.1) is 12.8 Å². The van der Waals surface area contributed by atoms with Crippen LogP contribution in [0.4, 0.5) is 4.79 Å². The molecule has 1 aromatic rings. The number of hydrogen-bond acceptors (Lipinski definition) is 3. The monoisotopic (exact) mass is 305 g/mol. The van der Waals surface area contributed by atoms with E-state index in [9.17, 15) is 9.59 Å². The fraction of sp³-hybridized carbons (Fsp3) is 0.529. The minimum Gasteiger partial charge on any atom is -0.338 e. The third-order valence-corrected chi connectivity index (χ3v) is 3.63. The number of imide groups is 1. The molecule has 0 aromatic heterocycles. The molecule has 0 aliphatic heterocycles. The van der Waals surface area contributed by atoms with Crippen molar-refractivity contribution < 1.29 is 9.59 Å². The number of likely N-dealkylation sites (N-methyl/N-ethyl adjacent to an activating group) is 1. The molecule has 1 atom stereocenters. The quantitative estimate of drug-likeness (QED) is 0.848. The molecule has 22 heavy (non-hydrogen) atoms. The van der Waals surface area contributed by atoms with Crippen LogP contribution in [-0.4, -0.2) is 36.5 Å². The number of urea groups is 1. The maximum absolute atomic E-state index is 12.1. The number of nitrogens with one attached hydrogen (secondary N) is 2. The summed E-state index contributed by atoms with van der Waals surface area (Å²) in [5.41, 5.74) is 2.37. The van der Waals surface area contributed by atoms with E-state index in [4.69, 9.17) is 0 Å². The van der Waals surface area contributed by atoms with Crippen LogP contribution in [0.1, 0.15) is 31.9 Å². The molecule has 5 nitrogen and oxygen atoms in total. The number of benzene rings is 1. The molecular weight excluding hydrogens is 278 g/mol. The topological polar surface area (TPSA) is 61.4 Å². The van der Waals surface area contributed by atoms with Crippen LogP contribution in [0.25, 0.3) is 0 Å². The summed E-state index contributed by atoms with van der Waals surface area (Å²) in [6.45, 7) is 9.05. The van der Waals surface area contributed by atoms with Crippen molar-refractivity contribution in [2.75, 3.05) is 13.6 Å². The van der Waals surface area contributed by atoms with Gasteiger partial charge in [-0.2, -0.15) is 0 Å². The third-order valence-electron chi connectivity index (χ3n) is 3.63. The average Bonchev–Trinajstić information content (AvgIpc) is 2.46. The summed E-state index contributed by atoms with van der Waals surface area (Å²) >= 11 is 0. The van der Waals surface area contributed by atoms with Gasteiger partial charge in [0, 0.05) is 13.1 Å². The van der Waals surface area contributed by atoms with Crippen molar-refractivity contribution in [3.05, 3.63) is 35.4 Å². The van der Waals surface area contributed by atoms with E-state index < -0.39 is 6.03 Å². The van der Waals surface area contributed by atoms with E-state index in [1.54, 1.807) is 6.92 Å². The Kier molecular flexibility index (Phi) is 7.05. The molecule has 0 saturated heterocycles. The summed E-state index contributed by atoms with van der Waals surface area (Å²) < 4.78 is 0. The number of hydrogen-bond donors (Lipinski definition) is 2. The average molecular weight is 305 g/mol. The lowest BCUT2D eigenvalue weighted by atomic mass is 10.1. The van der Waals surface area contributed by atoms with Gasteiger partial charge in [0.05, 0.1) is 6.04 Å². The molecule has 1 rings (SSSR count). The Morgan fingerprint density at radius 1 is 1.18 bits per heavy atom. The SMILES string of the molecule is Cc1ccccc1CN(C)C(C)C(=O)NC(=O)NCC(C)C. The fourth-order valence-electron chi connectivity index (χ4n) is 1.95. The first-order valence-corrected chi connectivity index (χ1v) is 7.64. The summed E-state index contributed by atoms with van der Waals surface area (Å²) in [4.78, 5) is 25.7. The summed E-state index contributed by atoms with van der Waals surface area (Å²) in [6, 6.07) is 7.26. The van der Waals surface area contributed by atoms with Crippen LogP contribution in [0.5, 0.6) is 0 Å². The van der Waals surface area contributed by atoms with Crippen LogP contribution < -0.4 is 10.6 Å². The molecular formula is C17H27N3O2.